The number of aromatic hydroxyl groups is 1. The first kappa shape index (κ1) is 21.8. The number of hydrogen-bond acceptors (Lipinski definition) is 6. The molecule has 0 aliphatic rings. The minimum absolute atomic E-state index is 0.0919. The van der Waals surface area contributed by atoms with Gasteiger partial charge in [0.2, 0.25) is 5.70 Å². The third-order valence-corrected chi connectivity index (χ3v) is 5.33. The first-order valence-electron chi connectivity index (χ1n) is 9.80. The number of amides is 1. The average molecular weight is 460 g/mol. The van der Waals surface area contributed by atoms with Crippen LogP contribution >= 0.6 is 11.6 Å². The van der Waals surface area contributed by atoms with Gasteiger partial charge < -0.3 is 15.7 Å². The van der Waals surface area contributed by atoms with Crippen molar-refractivity contribution in [2.45, 2.75) is 6.54 Å². The molecule has 0 fully saturated rings. The lowest BCUT2D eigenvalue weighted by Crippen LogP contribution is -2.34. The van der Waals surface area contributed by atoms with Crippen molar-refractivity contribution in [3.05, 3.63) is 83.6 Å². The summed E-state index contributed by atoms with van der Waals surface area (Å²) >= 11 is 5.94. The van der Waals surface area contributed by atoms with Gasteiger partial charge in [-0.1, -0.05) is 42.4 Å². The Bertz CT molecular complexity index is 1410. The molecule has 164 valence electrons. The fourth-order valence-electron chi connectivity index (χ4n) is 3.40. The van der Waals surface area contributed by atoms with E-state index in [1.165, 1.54) is 17.3 Å². The summed E-state index contributed by atoms with van der Waals surface area (Å²) in [7, 11) is 0. The second-order valence-corrected chi connectivity index (χ2v) is 7.45. The molecule has 0 aliphatic heterocycles. The van der Waals surface area contributed by atoms with Gasteiger partial charge in [0.25, 0.3) is 5.91 Å². The number of nitrogens with zero attached hydrogens (tertiary/aromatic N) is 6. The number of benzene rings is 2. The summed E-state index contributed by atoms with van der Waals surface area (Å²) in [5.74, 6) is -0.358. The Morgan fingerprint density at radius 3 is 2.70 bits per heavy atom. The number of carbonyl (C=O) groups excluding carboxylic acids is 1. The van der Waals surface area contributed by atoms with Gasteiger partial charge in [-0.05, 0) is 24.3 Å². The number of fused-ring (bicyclic) bond motifs is 1. The molecule has 2 aromatic carbocycles. The lowest BCUT2D eigenvalue weighted by atomic mass is 10.1. The first-order chi connectivity index (χ1) is 15.9. The van der Waals surface area contributed by atoms with Crippen molar-refractivity contribution in [2.75, 3.05) is 17.2 Å². The molecule has 2 heterocycles. The molecule has 4 aromatic rings. The monoisotopic (exact) mass is 459 g/mol. The van der Waals surface area contributed by atoms with Crippen molar-refractivity contribution in [1.29, 1.82) is 0 Å². The second kappa shape index (κ2) is 8.98. The van der Waals surface area contributed by atoms with E-state index >= 15 is 0 Å². The number of nitrogens with two attached hydrogens (primary N) is 1. The molecule has 10 heteroatoms. The Kier molecular flexibility index (Phi) is 5.93. The van der Waals surface area contributed by atoms with Crippen LogP contribution < -0.4 is 10.6 Å². The number of rotatable bonds is 6. The van der Waals surface area contributed by atoms with Crippen LogP contribution in [-0.2, 0) is 11.3 Å². The second-order valence-electron chi connectivity index (χ2n) is 7.05. The van der Waals surface area contributed by atoms with E-state index in [1.54, 1.807) is 41.1 Å². The van der Waals surface area contributed by atoms with Crippen LogP contribution in [0.15, 0.2) is 67.1 Å². The van der Waals surface area contributed by atoms with Crippen LogP contribution in [0.5, 0.6) is 5.75 Å². The molecular weight excluding hydrogens is 442 g/mol. The van der Waals surface area contributed by atoms with E-state index in [1.807, 2.05) is 6.07 Å². The van der Waals surface area contributed by atoms with E-state index in [9.17, 15) is 9.90 Å². The van der Waals surface area contributed by atoms with E-state index in [0.29, 0.717) is 28.0 Å². The number of para-hydroxylation sites is 1. The Morgan fingerprint density at radius 2 is 2.00 bits per heavy atom. The summed E-state index contributed by atoms with van der Waals surface area (Å²) in [5, 5.41) is 15.4. The maximum absolute atomic E-state index is 12.8. The summed E-state index contributed by atoms with van der Waals surface area (Å²) in [6, 6.07) is 13.8. The highest BCUT2D eigenvalue weighted by Gasteiger charge is 2.22. The maximum Gasteiger partial charge on any atom is 0.256 e. The summed E-state index contributed by atoms with van der Waals surface area (Å²) in [4.78, 5) is 25.8. The van der Waals surface area contributed by atoms with Gasteiger partial charge in [-0.2, -0.15) is 5.10 Å². The molecular formula is C23H18ClN7O2. The van der Waals surface area contributed by atoms with Crippen molar-refractivity contribution in [1.82, 2.24) is 19.7 Å². The average Bonchev–Trinajstić information content (AvgIpc) is 3.21. The number of halogens is 1. The Morgan fingerprint density at radius 1 is 1.24 bits per heavy atom. The highest BCUT2D eigenvalue weighted by Crippen LogP contribution is 2.34. The van der Waals surface area contributed by atoms with Gasteiger partial charge >= 0.3 is 0 Å². The molecule has 0 atom stereocenters. The minimum atomic E-state index is -0.496. The van der Waals surface area contributed by atoms with Gasteiger partial charge in [0, 0.05) is 17.8 Å². The summed E-state index contributed by atoms with van der Waals surface area (Å²) in [6.45, 7) is 11.2. The lowest BCUT2D eigenvalue weighted by Gasteiger charge is -2.22. The number of carbonyl (C=O) groups is 1. The molecule has 0 saturated carbocycles. The normalized spacial score (nSPS) is 10.7. The summed E-state index contributed by atoms with van der Waals surface area (Å²) in [5.41, 5.74) is 8.09. The van der Waals surface area contributed by atoms with Gasteiger partial charge in [-0.3, -0.25) is 4.79 Å². The number of hydrogen-bond donors (Lipinski definition) is 2. The molecule has 0 aliphatic carbocycles. The smallest absolute Gasteiger partial charge is 0.256 e. The quantitative estimate of drug-likeness (QED) is 0.334. The Balaban J connectivity index is 1.75. The molecule has 0 spiro atoms. The molecule has 9 nitrogen and oxygen atoms in total. The SMILES string of the molecule is [C-]#[N+]C(=C)C(=O)N(CCn1nc(-c2ccc(Cl)c(O)c2)c2c(N)ncnc21)c1ccccc1. The molecule has 2 aromatic heterocycles. The van der Waals surface area contributed by atoms with Crippen LogP contribution in [0, 0.1) is 6.57 Å². The van der Waals surface area contributed by atoms with Crippen molar-refractivity contribution in [3.8, 4) is 17.0 Å². The summed E-state index contributed by atoms with van der Waals surface area (Å²) in [6.07, 6.45) is 1.33. The van der Waals surface area contributed by atoms with Gasteiger partial charge in [-0.25, -0.2) is 19.5 Å². The highest BCUT2D eigenvalue weighted by molar-refractivity contribution is 6.32. The largest absolute Gasteiger partial charge is 0.506 e. The van der Waals surface area contributed by atoms with E-state index in [4.69, 9.17) is 23.9 Å². The summed E-state index contributed by atoms with van der Waals surface area (Å²) < 4.78 is 1.61. The standard InChI is InChI=1S/C23H18ClN7O2/c1-14(26-2)23(33)30(16-6-4-3-5-7-16)10-11-31-22-19(21(25)27-13-28-22)20(29-31)15-8-9-17(24)18(32)12-15/h3-9,12-13,32H,1,10-11H2,(H2,25,27,28). The van der Waals surface area contributed by atoms with E-state index in [-0.39, 0.29) is 35.4 Å². The predicted molar refractivity (Wildman–Crippen MR) is 126 cm³/mol. The number of phenolic OH excluding ortho intramolecular Hbond substituents is 1. The number of nitrogen functional groups attached to an aromatic ring is 1. The Hall–Kier alpha value is -4.42. The highest BCUT2D eigenvalue weighted by atomic mass is 35.5. The van der Waals surface area contributed by atoms with Crippen LogP contribution in [0.1, 0.15) is 0 Å². The number of aromatic nitrogens is 4. The molecule has 1 amide bonds. The van der Waals surface area contributed by atoms with Crippen LogP contribution in [0.25, 0.3) is 27.1 Å². The fourth-order valence-corrected chi connectivity index (χ4v) is 3.52. The zero-order chi connectivity index (χ0) is 23.5. The molecule has 0 saturated heterocycles. The number of phenols is 1. The third kappa shape index (κ3) is 4.20. The molecule has 0 unspecified atom stereocenters. The van der Waals surface area contributed by atoms with Crippen LogP contribution in [-0.4, -0.2) is 37.3 Å². The topological polar surface area (TPSA) is 115 Å². The van der Waals surface area contributed by atoms with Crippen LogP contribution in [0.4, 0.5) is 11.5 Å². The number of anilines is 2. The first-order valence-corrected chi connectivity index (χ1v) is 10.2. The predicted octanol–water partition coefficient (Wildman–Crippen LogP) is 3.90. The van der Waals surface area contributed by atoms with E-state index < -0.39 is 5.91 Å². The molecule has 0 bridgehead atoms. The zero-order valence-corrected chi connectivity index (χ0v) is 18.1. The van der Waals surface area contributed by atoms with Crippen molar-refractivity contribution >= 4 is 40.0 Å². The fraction of sp³-hybridized carbons (Fsp3) is 0.0870. The van der Waals surface area contributed by atoms with Crippen LogP contribution in [0.2, 0.25) is 5.02 Å². The van der Waals surface area contributed by atoms with Crippen LogP contribution in [0.3, 0.4) is 0 Å². The lowest BCUT2D eigenvalue weighted by molar-refractivity contribution is -0.114. The molecule has 3 N–H and O–H groups in total. The Labute approximate surface area is 194 Å². The van der Waals surface area contributed by atoms with Crippen molar-refractivity contribution < 1.29 is 9.90 Å². The zero-order valence-electron chi connectivity index (χ0n) is 17.3. The molecule has 0 radical (unpaired) electrons. The third-order valence-electron chi connectivity index (χ3n) is 5.01. The van der Waals surface area contributed by atoms with E-state index in [0.717, 1.165) is 0 Å². The van der Waals surface area contributed by atoms with Gasteiger partial charge in [0.1, 0.15) is 23.6 Å². The van der Waals surface area contributed by atoms with Gasteiger partial charge in [0.05, 0.1) is 23.5 Å². The molecule has 33 heavy (non-hydrogen) atoms. The minimum Gasteiger partial charge on any atom is -0.506 e. The van der Waals surface area contributed by atoms with Gasteiger partial charge in [-0.15, -0.1) is 0 Å². The maximum atomic E-state index is 12.8. The van der Waals surface area contributed by atoms with Gasteiger partial charge in [0.15, 0.2) is 5.65 Å². The van der Waals surface area contributed by atoms with Crippen molar-refractivity contribution in [3.63, 3.8) is 0 Å². The van der Waals surface area contributed by atoms with E-state index in [2.05, 4.69) is 26.5 Å². The van der Waals surface area contributed by atoms with Crippen molar-refractivity contribution in [2.24, 2.45) is 0 Å². The molecule has 4 rings (SSSR count).